The topological polar surface area (TPSA) is 107 Å². The van der Waals surface area contributed by atoms with Crippen molar-refractivity contribution in [3.63, 3.8) is 0 Å². The third-order valence-corrected chi connectivity index (χ3v) is 7.04. The van der Waals surface area contributed by atoms with Crippen LogP contribution in [0.25, 0.3) is 0 Å². The minimum Gasteiger partial charge on any atom is -0.497 e. The van der Waals surface area contributed by atoms with Crippen molar-refractivity contribution in [1.82, 2.24) is 4.90 Å². The molecule has 9 nitrogen and oxygen atoms in total. The zero-order chi connectivity index (χ0) is 27.8. The van der Waals surface area contributed by atoms with Crippen LogP contribution in [0.4, 0.5) is 11.4 Å². The number of esters is 1. The van der Waals surface area contributed by atoms with Crippen molar-refractivity contribution in [2.45, 2.75) is 25.1 Å². The predicted molar refractivity (Wildman–Crippen MR) is 151 cm³/mol. The molecule has 0 aliphatic carbocycles. The summed E-state index contributed by atoms with van der Waals surface area (Å²) in [5.74, 6) is 0.478. The van der Waals surface area contributed by atoms with Gasteiger partial charge >= 0.3 is 5.97 Å². The highest BCUT2D eigenvalue weighted by atomic mass is 32.2. The molecular formula is C29H29N3O6S. The van der Waals surface area contributed by atoms with Gasteiger partial charge in [0.2, 0.25) is 11.8 Å². The largest absolute Gasteiger partial charge is 0.497 e. The Hall–Kier alpha value is -4.31. The number of carbonyl (C=O) groups is 3. The van der Waals surface area contributed by atoms with E-state index in [1.807, 2.05) is 36.4 Å². The van der Waals surface area contributed by atoms with E-state index in [0.29, 0.717) is 34.4 Å². The van der Waals surface area contributed by atoms with Crippen LogP contribution in [-0.2, 0) is 20.9 Å². The van der Waals surface area contributed by atoms with Gasteiger partial charge in [0.1, 0.15) is 16.7 Å². The molecule has 10 heteroatoms. The molecule has 4 rings (SSSR count). The van der Waals surface area contributed by atoms with Gasteiger partial charge in [-0.15, -0.1) is 0 Å². The molecule has 1 fully saturated rings. The van der Waals surface area contributed by atoms with Gasteiger partial charge in [-0.2, -0.15) is 0 Å². The van der Waals surface area contributed by atoms with E-state index < -0.39 is 11.2 Å². The van der Waals surface area contributed by atoms with Crippen LogP contribution in [-0.4, -0.2) is 53.9 Å². The molecular weight excluding hydrogens is 518 g/mol. The van der Waals surface area contributed by atoms with Crippen LogP contribution in [0.2, 0.25) is 0 Å². The van der Waals surface area contributed by atoms with Gasteiger partial charge in [-0.1, -0.05) is 23.9 Å². The van der Waals surface area contributed by atoms with E-state index in [2.05, 4.69) is 5.32 Å². The van der Waals surface area contributed by atoms with Crippen LogP contribution in [0.1, 0.15) is 29.3 Å². The van der Waals surface area contributed by atoms with E-state index in [0.717, 1.165) is 11.3 Å². The Morgan fingerprint density at radius 1 is 0.923 bits per heavy atom. The van der Waals surface area contributed by atoms with Gasteiger partial charge in [-0.25, -0.2) is 9.79 Å². The van der Waals surface area contributed by atoms with Crippen molar-refractivity contribution in [2.24, 2.45) is 4.99 Å². The molecule has 0 radical (unpaired) electrons. The zero-order valence-electron chi connectivity index (χ0n) is 21.9. The van der Waals surface area contributed by atoms with Crippen LogP contribution in [0.5, 0.6) is 11.5 Å². The average molecular weight is 548 g/mol. The fourth-order valence-corrected chi connectivity index (χ4v) is 4.99. The SMILES string of the molecule is CCOC(=O)c1ccc(NC(=O)CC2SC(=Nc3ccc(OC)cc3)N(Cc3ccc(OC)cc3)C2=O)cc1. The van der Waals surface area contributed by atoms with Gasteiger partial charge in [0.15, 0.2) is 5.17 Å². The first kappa shape index (κ1) is 27.7. The third-order valence-electron chi connectivity index (χ3n) is 5.87. The van der Waals surface area contributed by atoms with Gasteiger partial charge in [0, 0.05) is 12.1 Å². The van der Waals surface area contributed by atoms with E-state index in [1.54, 1.807) is 62.4 Å². The number of anilines is 1. The van der Waals surface area contributed by atoms with E-state index >= 15 is 0 Å². The van der Waals surface area contributed by atoms with Crippen LogP contribution in [0.3, 0.4) is 0 Å². The van der Waals surface area contributed by atoms with Crippen LogP contribution in [0.15, 0.2) is 77.8 Å². The lowest BCUT2D eigenvalue weighted by atomic mass is 10.2. The van der Waals surface area contributed by atoms with E-state index in [-0.39, 0.29) is 24.8 Å². The van der Waals surface area contributed by atoms with Crippen LogP contribution >= 0.6 is 11.8 Å². The minimum absolute atomic E-state index is 0.0378. The summed E-state index contributed by atoms with van der Waals surface area (Å²) in [6.45, 7) is 2.32. The van der Waals surface area contributed by atoms with Gasteiger partial charge in [-0.05, 0) is 73.2 Å². The molecule has 1 aliphatic rings. The summed E-state index contributed by atoms with van der Waals surface area (Å²) < 4.78 is 15.4. The molecule has 2 amide bonds. The maximum absolute atomic E-state index is 13.5. The molecule has 1 heterocycles. The second-order valence-electron chi connectivity index (χ2n) is 8.52. The number of benzene rings is 3. The summed E-state index contributed by atoms with van der Waals surface area (Å²) >= 11 is 1.26. The first-order chi connectivity index (χ1) is 18.9. The van der Waals surface area contributed by atoms with Crippen molar-refractivity contribution in [3.05, 3.63) is 83.9 Å². The molecule has 3 aromatic rings. The molecule has 0 bridgehead atoms. The lowest BCUT2D eigenvalue weighted by molar-refractivity contribution is -0.128. The standard InChI is InChI=1S/C29H29N3O6S/c1-4-38-28(35)20-7-9-21(10-8-20)30-26(33)17-25-27(34)32(18-19-5-13-23(36-2)14-6-19)29(39-25)31-22-11-15-24(37-3)16-12-22/h5-16,25H,4,17-18H2,1-3H3,(H,30,33). The van der Waals surface area contributed by atoms with Crippen molar-refractivity contribution in [2.75, 3.05) is 26.1 Å². The Balaban J connectivity index is 1.49. The second-order valence-corrected chi connectivity index (χ2v) is 9.69. The summed E-state index contributed by atoms with van der Waals surface area (Å²) in [5.41, 5.74) is 2.48. The molecule has 1 unspecified atom stereocenters. The second kappa shape index (κ2) is 13.0. The Morgan fingerprint density at radius 2 is 1.54 bits per heavy atom. The van der Waals surface area contributed by atoms with Gasteiger partial charge < -0.3 is 19.5 Å². The van der Waals surface area contributed by atoms with Crippen LogP contribution in [0, 0.1) is 0 Å². The zero-order valence-corrected chi connectivity index (χ0v) is 22.7. The number of aliphatic imine (C=N–C) groups is 1. The molecule has 39 heavy (non-hydrogen) atoms. The van der Waals surface area contributed by atoms with Gasteiger partial charge in [0.05, 0.1) is 38.6 Å². The van der Waals surface area contributed by atoms with E-state index in [9.17, 15) is 14.4 Å². The lowest BCUT2D eigenvalue weighted by Gasteiger charge is -2.17. The highest BCUT2D eigenvalue weighted by Gasteiger charge is 2.39. The van der Waals surface area contributed by atoms with Gasteiger partial charge in [-0.3, -0.25) is 14.5 Å². The Morgan fingerprint density at radius 3 is 2.13 bits per heavy atom. The van der Waals surface area contributed by atoms with Crippen molar-refractivity contribution < 1.29 is 28.6 Å². The lowest BCUT2D eigenvalue weighted by Crippen LogP contribution is -2.33. The van der Waals surface area contributed by atoms with Crippen LogP contribution < -0.4 is 14.8 Å². The number of hydrogen-bond acceptors (Lipinski definition) is 8. The van der Waals surface area contributed by atoms with Crippen molar-refractivity contribution in [1.29, 1.82) is 0 Å². The molecule has 1 atom stereocenters. The molecule has 1 saturated heterocycles. The number of thioether (sulfide) groups is 1. The van der Waals surface area contributed by atoms with Crippen molar-refractivity contribution >= 4 is 46.1 Å². The summed E-state index contributed by atoms with van der Waals surface area (Å²) in [7, 11) is 3.19. The van der Waals surface area contributed by atoms with Gasteiger partial charge in [0.25, 0.3) is 0 Å². The number of amidine groups is 1. The highest BCUT2D eigenvalue weighted by molar-refractivity contribution is 8.15. The Bertz CT molecular complexity index is 1340. The molecule has 1 N–H and O–H groups in total. The average Bonchev–Trinajstić information content (AvgIpc) is 3.23. The number of nitrogens with zero attached hydrogens (tertiary/aromatic N) is 2. The summed E-state index contributed by atoms with van der Waals surface area (Å²) in [5, 5.41) is 2.67. The monoisotopic (exact) mass is 547 g/mol. The molecule has 0 saturated carbocycles. The number of hydrogen-bond donors (Lipinski definition) is 1. The molecule has 0 spiro atoms. The smallest absolute Gasteiger partial charge is 0.338 e. The molecule has 0 aromatic heterocycles. The number of ether oxygens (including phenoxy) is 3. The maximum Gasteiger partial charge on any atom is 0.338 e. The normalized spacial score (nSPS) is 15.8. The fourth-order valence-electron chi connectivity index (χ4n) is 3.84. The summed E-state index contributed by atoms with van der Waals surface area (Å²) in [6, 6.07) is 21.1. The summed E-state index contributed by atoms with van der Waals surface area (Å²) in [4.78, 5) is 44.5. The first-order valence-electron chi connectivity index (χ1n) is 12.3. The minimum atomic E-state index is -0.640. The fraction of sp³-hybridized carbons (Fsp3) is 0.241. The molecule has 1 aliphatic heterocycles. The first-order valence-corrected chi connectivity index (χ1v) is 13.2. The maximum atomic E-state index is 13.5. The van der Waals surface area contributed by atoms with E-state index in [1.165, 1.54) is 11.8 Å². The summed E-state index contributed by atoms with van der Waals surface area (Å²) in [6.07, 6.45) is -0.0378. The number of methoxy groups -OCH3 is 2. The molecule has 202 valence electrons. The van der Waals surface area contributed by atoms with E-state index in [4.69, 9.17) is 19.2 Å². The number of carbonyl (C=O) groups excluding carboxylic acids is 3. The third kappa shape index (κ3) is 7.17. The predicted octanol–water partition coefficient (Wildman–Crippen LogP) is 5.04. The Labute approximate surface area is 231 Å². The number of nitrogens with one attached hydrogen (secondary N) is 1. The molecule has 3 aromatic carbocycles. The Kier molecular flexibility index (Phi) is 9.22. The highest BCUT2D eigenvalue weighted by Crippen LogP contribution is 2.33. The number of rotatable bonds is 10. The van der Waals surface area contributed by atoms with Crippen molar-refractivity contribution in [3.8, 4) is 11.5 Å². The number of amides is 2. The quantitative estimate of drug-likeness (QED) is 0.355.